The van der Waals surface area contributed by atoms with Gasteiger partial charge in [-0.05, 0) is 60.5 Å². The lowest BCUT2D eigenvalue weighted by atomic mass is 9.98. The highest BCUT2D eigenvalue weighted by molar-refractivity contribution is 7.80. The van der Waals surface area contributed by atoms with Crippen LogP contribution in [0.1, 0.15) is 45.6 Å². The fourth-order valence-electron chi connectivity index (χ4n) is 2.76. The van der Waals surface area contributed by atoms with Crippen molar-refractivity contribution in [2.75, 3.05) is 5.32 Å². The van der Waals surface area contributed by atoms with Crippen molar-refractivity contribution in [1.29, 1.82) is 0 Å². The normalized spacial score (nSPS) is 12.2. The predicted molar refractivity (Wildman–Crippen MR) is 117 cm³/mol. The molecule has 0 radical (unpaired) electrons. The number of aromatic nitrogens is 1. The second kappa shape index (κ2) is 8.52. The zero-order valence-corrected chi connectivity index (χ0v) is 17.4. The highest BCUT2D eigenvalue weighted by atomic mass is 32.1. The summed E-state index contributed by atoms with van der Waals surface area (Å²) in [6.07, 6.45) is 1.08. The lowest BCUT2D eigenvalue weighted by Crippen LogP contribution is -2.36. The van der Waals surface area contributed by atoms with Gasteiger partial charge in [0.05, 0.1) is 0 Å². The SMILES string of the molecule is CC[C@@H](C)c1ccc2oc(-c3cccc(NC(=S)NC(=O)C(C)C)c3)nc2c1. The standard InChI is InChI=1S/C22H25N3O2S/c1-5-14(4)15-9-10-19-18(12-15)24-21(27-19)16-7-6-8-17(11-16)23-22(28)25-20(26)13(2)3/h6-14H,5H2,1-4H3,(H2,23,25,26,28)/t14-/m1/s1. The molecular weight excluding hydrogens is 370 g/mol. The van der Waals surface area contributed by atoms with E-state index in [1.807, 2.05) is 44.2 Å². The van der Waals surface area contributed by atoms with Crippen molar-refractivity contribution in [2.24, 2.45) is 5.92 Å². The maximum Gasteiger partial charge on any atom is 0.228 e. The van der Waals surface area contributed by atoms with Gasteiger partial charge in [0.25, 0.3) is 0 Å². The maximum absolute atomic E-state index is 11.8. The molecule has 0 saturated heterocycles. The van der Waals surface area contributed by atoms with E-state index in [1.165, 1.54) is 5.56 Å². The summed E-state index contributed by atoms with van der Waals surface area (Å²) in [6, 6.07) is 13.8. The predicted octanol–water partition coefficient (Wildman–Crippen LogP) is 5.48. The van der Waals surface area contributed by atoms with E-state index in [0.29, 0.717) is 11.8 Å². The van der Waals surface area contributed by atoms with Crippen molar-refractivity contribution in [3.05, 3.63) is 48.0 Å². The van der Waals surface area contributed by atoms with Crippen molar-refractivity contribution in [3.8, 4) is 11.5 Å². The van der Waals surface area contributed by atoms with Gasteiger partial charge in [-0.3, -0.25) is 4.79 Å². The molecular formula is C22H25N3O2S. The third-order valence-electron chi connectivity index (χ3n) is 4.72. The number of hydrogen-bond donors (Lipinski definition) is 2. The Balaban J connectivity index is 1.81. The zero-order valence-electron chi connectivity index (χ0n) is 16.6. The fourth-order valence-corrected chi connectivity index (χ4v) is 2.98. The summed E-state index contributed by atoms with van der Waals surface area (Å²) in [5, 5.41) is 5.98. The Morgan fingerprint density at radius 3 is 2.68 bits per heavy atom. The van der Waals surface area contributed by atoms with E-state index >= 15 is 0 Å². The van der Waals surface area contributed by atoms with Crippen molar-refractivity contribution in [1.82, 2.24) is 10.3 Å². The Hall–Kier alpha value is -2.73. The number of hydrogen-bond acceptors (Lipinski definition) is 4. The number of oxazole rings is 1. The van der Waals surface area contributed by atoms with E-state index in [9.17, 15) is 4.79 Å². The molecule has 0 aliphatic carbocycles. The van der Waals surface area contributed by atoms with Gasteiger partial charge < -0.3 is 15.1 Å². The summed E-state index contributed by atoms with van der Waals surface area (Å²) in [5.41, 5.74) is 4.47. The van der Waals surface area contributed by atoms with Crippen LogP contribution in [0.5, 0.6) is 0 Å². The number of thiocarbonyl (C=S) groups is 1. The van der Waals surface area contributed by atoms with Crippen LogP contribution in [0, 0.1) is 5.92 Å². The first-order valence-electron chi connectivity index (χ1n) is 9.50. The van der Waals surface area contributed by atoms with Gasteiger partial charge in [-0.25, -0.2) is 4.98 Å². The minimum atomic E-state index is -0.133. The molecule has 0 aliphatic heterocycles. The highest BCUT2D eigenvalue weighted by Crippen LogP contribution is 2.29. The molecule has 146 valence electrons. The molecule has 5 nitrogen and oxygen atoms in total. The highest BCUT2D eigenvalue weighted by Gasteiger charge is 2.12. The lowest BCUT2D eigenvalue weighted by Gasteiger charge is -2.11. The molecule has 28 heavy (non-hydrogen) atoms. The Kier molecular flexibility index (Phi) is 6.09. The quantitative estimate of drug-likeness (QED) is 0.560. The van der Waals surface area contributed by atoms with Gasteiger partial charge in [0.15, 0.2) is 10.7 Å². The Morgan fingerprint density at radius 1 is 1.18 bits per heavy atom. The van der Waals surface area contributed by atoms with Gasteiger partial charge in [0.1, 0.15) is 5.52 Å². The Morgan fingerprint density at radius 2 is 1.96 bits per heavy atom. The van der Waals surface area contributed by atoms with Gasteiger partial charge in [-0.2, -0.15) is 0 Å². The molecule has 0 fully saturated rings. The number of amides is 1. The molecule has 0 bridgehead atoms. The molecule has 2 aromatic carbocycles. The van der Waals surface area contributed by atoms with E-state index < -0.39 is 0 Å². The van der Waals surface area contributed by atoms with Gasteiger partial charge in [-0.1, -0.05) is 39.8 Å². The average molecular weight is 396 g/mol. The number of anilines is 1. The van der Waals surface area contributed by atoms with Crippen LogP contribution in [0.2, 0.25) is 0 Å². The van der Waals surface area contributed by atoms with Crippen LogP contribution in [0.4, 0.5) is 5.69 Å². The molecule has 2 N–H and O–H groups in total. The first-order chi connectivity index (χ1) is 13.4. The number of benzene rings is 2. The van der Waals surface area contributed by atoms with Gasteiger partial charge in [0, 0.05) is 17.2 Å². The number of carbonyl (C=O) groups is 1. The van der Waals surface area contributed by atoms with Crippen LogP contribution >= 0.6 is 12.2 Å². The van der Waals surface area contributed by atoms with Gasteiger partial charge in [-0.15, -0.1) is 0 Å². The fraction of sp³-hybridized carbons (Fsp3) is 0.318. The number of nitrogens with one attached hydrogen (secondary N) is 2. The van der Waals surface area contributed by atoms with Crippen LogP contribution in [0.3, 0.4) is 0 Å². The Labute approximate surface area is 170 Å². The number of carbonyl (C=O) groups excluding carboxylic acids is 1. The Bertz CT molecular complexity index is 1010. The third-order valence-corrected chi connectivity index (χ3v) is 4.93. The first-order valence-corrected chi connectivity index (χ1v) is 9.91. The molecule has 3 aromatic rings. The van der Waals surface area contributed by atoms with Crippen molar-refractivity contribution < 1.29 is 9.21 Å². The zero-order chi connectivity index (χ0) is 20.3. The molecule has 0 spiro atoms. The largest absolute Gasteiger partial charge is 0.436 e. The van der Waals surface area contributed by atoms with E-state index in [0.717, 1.165) is 28.8 Å². The van der Waals surface area contributed by atoms with E-state index in [4.69, 9.17) is 16.6 Å². The van der Waals surface area contributed by atoms with E-state index in [2.05, 4.69) is 41.6 Å². The van der Waals surface area contributed by atoms with Crippen LogP contribution in [0.15, 0.2) is 46.9 Å². The molecule has 0 unspecified atom stereocenters. The molecule has 1 amide bonds. The minimum absolute atomic E-state index is 0.121. The molecule has 6 heteroatoms. The summed E-state index contributed by atoms with van der Waals surface area (Å²) in [7, 11) is 0. The van der Waals surface area contributed by atoms with Crippen LogP contribution in [-0.2, 0) is 4.79 Å². The molecule has 0 aliphatic rings. The topological polar surface area (TPSA) is 67.2 Å². The summed E-state index contributed by atoms with van der Waals surface area (Å²) in [5.74, 6) is 0.784. The number of nitrogens with zero attached hydrogens (tertiary/aromatic N) is 1. The van der Waals surface area contributed by atoms with Gasteiger partial charge >= 0.3 is 0 Å². The summed E-state index contributed by atoms with van der Waals surface area (Å²) in [6.45, 7) is 8.02. The van der Waals surface area contributed by atoms with E-state index in [-0.39, 0.29) is 16.9 Å². The van der Waals surface area contributed by atoms with Crippen LogP contribution < -0.4 is 10.6 Å². The molecule has 1 heterocycles. The maximum atomic E-state index is 11.8. The monoisotopic (exact) mass is 395 g/mol. The summed E-state index contributed by atoms with van der Waals surface area (Å²) >= 11 is 5.21. The molecule has 1 aromatic heterocycles. The van der Waals surface area contributed by atoms with Crippen molar-refractivity contribution >= 4 is 40.0 Å². The minimum Gasteiger partial charge on any atom is -0.436 e. The first kappa shape index (κ1) is 20.0. The van der Waals surface area contributed by atoms with E-state index in [1.54, 1.807) is 0 Å². The molecule has 1 atom stereocenters. The second-order valence-corrected chi connectivity index (χ2v) is 7.64. The van der Waals surface area contributed by atoms with Crippen LogP contribution in [0.25, 0.3) is 22.6 Å². The van der Waals surface area contributed by atoms with Crippen LogP contribution in [-0.4, -0.2) is 16.0 Å². The van der Waals surface area contributed by atoms with Gasteiger partial charge in [0.2, 0.25) is 11.8 Å². The molecule has 3 rings (SSSR count). The number of fused-ring (bicyclic) bond motifs is 1. The molecule has 0 saturated carbocycles. The second-order valence-electron chi connectivity index (χ2n) is 7.23. The average Bonchev–Trinajstić information content (AvgIpc) is 3.10. The third kappa shape index (κ3) is 4.57. The van der Waals surface area contributed by atoms with Crippen molar-refractivity contribution in [2.45, 2.75) is 40.0 Å². The number of rotatable bonds is 5. The van der Waals surface area contributed by atoms with Crippen molar-refractivity contribution in [3.63, 3.8) is 0 Å². The summed E-state index contributed by atoms with van der Waals surface area (Å²) < 4.78 is 5.94. The smallest absolute Gasteiger partial charge is 0.228 e. The lowest BCUT2D eigenvalue weighted by molar-refractivity contribution is -0.122. The summed E-state index contributed by atoms with van der Waals surface area (Å²) in [4.78, 5) is 16.4.